The minimum absolute atomic E-state index is 0.245. The predicted octanol–water partition coefficient (Wildman–Crippen LogP) is 2.55. The zero-order chi connectivity index (χ0) is 17.8. The Morgan fingerprint density at radius 2 is 1.84 bits per heavy atom. The summed E-state index contributed by atoms with van der Waals surface area (Å²) in [6, 6.07) is 14.1. The van der Waals surface area contributed by atoms with Gasteiger partial charge in [-0.2, -0.15) is 0 Å². The van der Waals surface area contributed by atoms with Crippen molar-refractivity contribution < 1.29 is 24.5 Å². The smallest absolute Gasteiger partial charge is 0.322 e. The fourth-order valence-corrected chi connectivity index (χ4v) is 2.27. The van der Waals surface area contributed by atoms with E-state index < -0.39 is 18.4 Å². The van der Waals surface area contributed by atoms with Gasteiger partial charge in [-0.25, -0.2) is 4.98 Å². The van der Waals surface area contributed by atoms with Crippen LogP contribution in [0.4, 0.5) is 0 Å². The van der Waals surface area contributed by atoms with Crippen molar-refractivity contribution in [3.8, 4) is 17.2 Å². The summed E-state index contributed by atoms with van der Waals surface area (Å²) < 4.78 is 5.71. The van der Waals surface area contributed by atoms with Crippen molar-refractivity contribution in [3.05, 3.63) is 60.4 Å². The number of aromatic hydroxyl groups is 1. The molecule has 7 heteroatoms. The lowest BCUT2D eigenvalue weighted by Crippen LogP contribution is -2.29. The summed E-state index contributed by atoms with van der Waals surface area (Å²) in [5, 5.41) is 22.1. The molecule has 1 amide bonds. The molecule has 2 aromatic carbocycles. The topological polar surface area (TPSA) is 109 Å². The lowest BCUT2D eigenvalue weighted by molar-refractivity contribution is -0.135. The summed E-state index contributed by atoms with van der Waals surface area (Å²) in [6.45, 7) is -0.560. The highest BCUT2D eigenvalue weighted by Crippen LogP contribution is 2.32. The van der Waals surface area contributed by atoms with E-state index >= 15 is 0 Å². The van der Waals surface area contributed by atoms with Gasteiger partial charge >= 0.3 is 5.97 Å². The number of hydrogen-bond acceptors (Lipinski definition) is 5. The van der Waals surface area contributed by atoms with E-state index in [1.165, 1.54) is 6.20 Å². The fourth-order valence-electron chi connectivity index (χ4n) is 2.27. The number of hydrogen-bond donors (Lipinski definition) is 3. The van der Waals surface area contributed by atoms with E-state index in [1.54, 1.807) is 30.3 Å². The number of amides is 1. The van der Waals surface area contributed by atoms with Crippen molar-refractivity contribution in [2.45, 2.75) is 0 Å². The first kappa shape index (κ1) is 16.3. The second kappa shape index (κ2) is 6.88. The second-order valence-electron chi connectivity index (χ2n) is 5.20. The van der Waals surface area contributed by atoms with Crippen molar-refractivity contribution in [3.63, 3.8) is 0 Å². The molecular formula is C18H14N2O5. The van der Waals surface area contributed by atoms with Crippen molar-refractivity contribution in [1.82, 2.24) is 10.3 Å². The number of ether oxygens (including phenoxy) is 1. The Balaban J connectivity index is 1.93. The van der Waals surface area contributed by atoms with Gasteiger partial charge in [-0.15, -0.1) is 0 Å². The Hall–Kier alpha value is -3.61. The molecule has 25 heavy (non-hydrogen) atoms. The second-order valence-corrected chi connectivity index (χ2v) is 5.20. The maximum Gasteiger partial charge on any atom is 0.322 e. The molecule has 1 aromatic heterocycles. The number of carbonyl (C=O) groups is 2. The molecule has 3 rings (SSSR count). The number of benzene rings is 2. The molecule has 0 spiro atoms. The molecule has 0 bridgehead atoms. The summed E-state index contributed by atoms with van der Waals surface area (Å²) in [5.41, 5.74) is -0.245. The van der Waals surface area contributed by atoms with E-state index in [2.05, 4.69) is 10.3 Å². The first-order chi connectivity index (χ1) is 12.0. The molecule has 3 aromatic rings. The number of nitrogens with one attached hydrogen (secondary N) is 1. The van der Waals surface area contributed by atoms with Crippen LogP contribution in [0.3, 0.4) is 0 Å². The number of nitrogens with zero attached hydrogens (tertiary/aromatic N) is 1. The minimum Gasteiger partial charge on any atom is -0.505 e. The third kappa shape index (κ3) is 3.66. The van der Waals surface area contributed by atoms with Gasteiger partial charge in [-0.05, 0) is 30.3 Å². The quantitative estimate of drug-likeness (QED) is 0.660. The maximum atomic E-state index is 12.0. The lowest BCUT2D eigenvalue weighted by Gasteiger charge is -2.10. The number of rotatable bonds is 5. The van der Waals surface area contributed by atoms with E-state index in [0.29, 0.717) is 22.3 Å². The number of carbonyl (C=O) groups excluding carboxylic acids is 1. The normalized spacial score (nSPS) is 10.4. The SMILES string of the molecule is O=C(O)CNC(=O)c1ncc2ccc(Oc3ccccc3)cc2c1O. The summed E-state index contributed by atoms with van der Waals surface area (Å²) in [6.07, 6.45) is 1.43. The average Bonchev–Trinajstić information content (AvgIpc) is 2.61. The number of carboxylic acid groups (broad SMARTS) is 1. The molecule has 126 valence electrons. The lowest BCUT2D eigenvalue weighted by atomic mass is 10.1. The number of pyridine rings is 1. The van der Waals surface area contributed by atoms with Crippen molar-refractivity contribution in [1.29, 1.82) is 0 Å². The first-order valence-corrected chi connectivity index (χ1v) is 7.39. The molecule has 0 aliphatic rings. The summed E-state index contributed by atoms with van der Waals surface area (Å²) >= 11 is 0. The minimum atomic E-state index is -1.19. The summed E-state index contributed by atoms with van der Waals surface area (Å²) in [7, 11) is 0. The number of fused-ring (bicyclic) bond motifs is 1. The van der Waals surface area contributed by atoms with Crippen LogP contribution in [0.15, 0.2) is 54.7 Å². The van der Waals surface area contributed by atoms with Crippen LogP contribution in [0.1, 0.15) is 10.5 Å². The van der Waals surface area contributed by atoms with Crippen LogP contribution in [0.25, 0.3) is 10.8 Å². The average molecular weight is 338 g/mol. The molecule has 3 N–H and O–H groups in total. The Morgan fingerprint density at radius 1 is 1.08 bits per heavy atom. The van der Waals surface area contributed by atoms with Gasteiger partial charge in [0.25, 0.3) is 5.91 Å². The standard InChI is InChI=1S/C18H14N2O5/c21-15(22)10-20-18(24)16-17(23)14-8-13(7-6-11(14)9-19-16)25-12-4-2-1-3-5-12/h1-9,23H,10H2,(H,20,24)(H,21,22). The summed E-state index contributed by atoms with van der Waals surface area (Å²) in [4.78, 5) is 26.4. The van der Waals surface area contributed by atoms with Gasteiger partial charge in [0.05, 0.1) is 0 Å². The predicted molar refractivity (Wildman–Crippen MR) is 89.9 cm³/mol. The van der Waals surface area contributed by atoms with Gasteiger partial charge in [0.15, 0.2) is 11.4 Å². The van der Waals surface area contributed by atoms with Gasteiger partial charge < -0.3 is 20.3 Å². The highest BCUT2D eigenvalue weighted by molar-refractivity contribution is 6.02. The van der Waals surface area contributed by atoms with Gasteiger partial charge in [0, 0.05) is 17.0 Å². The maximum absolute atomic E-state index is 12.0. The molecule has 0 fully saturated rings. The molecule has 0 radical (unpaired) electrons. The Labute approximate surface area is 142 Å². The monoisotopic (exact) mass is 338 g/mol. The van der Waals surface area contributed by atoms with Crippen molar-refractivity contribution >= 4 is 22.6 Å². The van der Waals surface area contributed by atoms with E-state index in [4.69, 9.17) is 9.84 Å². The van der Waals surface area contributed by atoms with Gasteiger partial charge in [-0.1, -0.05) is 18.2 Å². The van der Waals surface area contributed by atoms with Crippen LogP contribution < -0.4 is 10.1 Å². The molecule has 0 saturated carbocycles. The molecule has 1 heterocycles. The van der Waals surface area contributed by atoms with Crippen LogP contribution in [0, 0.1) is 0 Å². The van der Waals surface area contributed by atoms with E-state index in [-0.39, 0.29) is 11.4 Å². The highest BCUT2D eigenvalue weighted by Gasteiger charge is 2.17. The van der Waals surface area contributed by atoms with Crippen molar-refractivity contribution in [2.75, 3.05) is 6.54 Å². The summed E-state index contributed by atoms with van der Waals surface area (Å²) in [5.74, 6) is -1.17. The molecule has 0 unspecified atom stereocenters. The van der Waals surface area contributed by atoms with Crippen LogP contribution in [0.5, 0.6) is 17.2 Å². The van der Waals surface area contributed by atoms with Crippen LogP contribution in [0.2, 0.25) is 0 Å². The largest absolute Gasteiger partial charge is 0.505 e. The Morgan fingerprint density at radius 3 is 2.56 bits per heavy atom. The first-order valence-electron chi connectivity index (χ1n) is 7.39. The Bertz CT molecular complexity index is 941. The van der Waals surface area contributed by atoms with Crippen LogP contribution >= 0.6 is 0 Å². The molecule has 0 atom stereocenters. The van der Waals surface area contributed by atoms with Gasteiger partial charge in [-0.3, -0.25) is 9.59 Å². The molecule has 7 nitrogen and oxygen atoms in total. The Kier molecular flexibility index (Phi) is 4.47. The van der Waals surface area contributed by atoms with Crippen molar-refractivity contribution in [2.24, 2.45) is 0 Å². The zero-order valence-corrected chi connectivity index (χ0v) is 13.0. The molecule has 0 aliphatic carbocycles. The number of para-hydroxylation sites is 1. The molecule has 0 saturated heterocycles. The molecule has 0 aliphatic heterocycles. The number of carboxylic acids is 1. The van der Waals surface area contributed by atoms with Gasteiger partial charge in [0.2, 0.25) is 0 Å². The van der Waals surface area contributed by atoms with E-state index in [1.807, 2.05) is 18.2 Å². The number of aromatic nitrogens is 1. The van der Waals surface area contributed by atoms with Crippen LogP contribution in [-0.2, 0) is 4.79 Å². The fraction of sp³-hybridized carbons (Fsp3) is 0.0556. The zero-order valence-electron chi connectivity index (χ0n) is 13.0. The third-order valence-corrected chi connectivity index (χ3v) is 3.43. The third-order valence-electron chi connectivity index (χ3n) is 3.43. The van der Waals surface area contributed by atoms with Crippen LogP contribution in [-0.4, -0.2) is 33.6 Å². The van der Waals surface area contributed by atoms with E-state index in [0.717, 1.165) is 0 Å². The van der Waals surface area contributed by atoms with Gasteiger partial charge in [0.1, 0.15) is 18.0 Å². The number of aliphatic carboxylic acids is 1. The highest BCUT2D eigenvalue weighted by atomic mass is 16.5. The van der Waals surface area contributed by atoms with E-state index in [9.17, 15) is 14.7 Å². The molecular weight excluding hydrogens is 324 g/mol.